The first-order valence-electron chi connectivity index (χ1n) is 7.34. The second-order valence-corrected chi connectivity index (χ2v) is 6.63. The zero-order valence-corrected chi connectivity index (χ0v) is 12.1. The molecule has 0 radical (unpaired) electrons. The molecule has 0 amide bonds. The quantitative estimate of drug-likeness (QED) is 0.635. The average molecular weight is 242 g/mol. The van der Waals surface area contributed by atoms with E-state index in [0.717, 1.165) is 5.92 Å². The fourth-order valence-electron chi connectivity index (χ4n) is 2.67. The van der Waals surface area contributed by atoms with Crippen LogP contribution in [0.3, 0.4) is 0 Å². The molecule has 0 saturated heterocycles. The fraction of sp³-hybridized carbons (Fsp3) is 0.556. The van der Waals surface area contributed by atoms with Gasteiger partial charge in [0.1, 0.15) is 0 Å². The summed E-state index contributed by atoms with van der Waals surface area (Å²) < 4.78 is 0. The van der Waals surface area contributed by atoms with Crippen molar-refractivity contribution in [2.45, 2.75) is 58.3 Å². The van der Waals surface area contributed by atoms with Gasteiger partial charge in [0.15, 0.2) is 0 Å². The largest absolute Gasteiger partial charge is 0.0808 e. The number of hydrogen-bond donors (Lipinski definition) is 0. The minimum atomic E-state index is 0.256. The molecular weight excluding hydrogens is 216 g/mol. The van der Waals surface area contributed by atoms with E-state index >= 15 is 0 Å². The van der Waals surface area contributed by atoms with E-state index in [9.17, 15) is 0 Å². The Morgan fingerprint density at radius 3 is 2.11 bits per heavy atom. The van der Waals surface area contributed by atoms with Crippen molar-refractivity contribution in [3.63, 3.8) is 0 Å². The second-order valence-electron chi connectivity index (χ2n) is 6.63. The van der Waals surface area contributed by atoms with Gasteiger partial charge in [0, 0.05) is 0 Å². The molecule has 0 nitrogen and oxygen atoms in total. The summed E-state index contributed by atoms with van der Waals surface area (Å²) in [6.07, 6.45) is 11.8. The molecule has 1 aromatic rings. The third kappa shape index (κ3) is 3.73. The Labute approximate surface area is 112 Å². The van der Waals surface area contributed by atoms with Crippen molar-refractivity contribution in [3.05, 3.63) is 41.5 Å². The van der Waals surface area contributed by atoms with E-state index in [1.54, 1.807) is 0 Å². The highest BCUT2D eigenvalue weighted by Crippen LogP contribution is 2.26. The van der Waals surface area contributed by atoms with E-state index in [1.807, 2.05) is 0 Å². The molecule has 1 aliphatic carbocycles. The summed E-state index contributed by atoms with van der Waals surface area (Å²) in [7, 11) is 0. The van der Waals surface area contributed by atoms with E-state index < -0.39 is 0 Å². The van der Waals surface area contributed by atoms with Crippen molar-refractivity contribution in [3.8, 4) is 0 Å². The minimum Gasteiger partial charge on any atom is -0.0808 e. The van der Waals surface area contributed by atoms with E-state index in [-0.39, 0.29) is 5.41 Å². The molecule has 98 valence electrons. The fourth-order valence-corrected chi connectivity index (χ4v) is 2.67. The standard InChI is InChI=1S/C18H26/c1-18(2,3)17-13-11-16(12-14-17)10-9-15-7-5-4-6-8-15/h9-15H,4-8H2,1-3H3. The molecule has 1 aliphatic rings. The predicted molar refractivity (Wildman–Crippen MR) is 80.8 cm³/mol. The summed E-state index contributed by atoms with van der Waals surface area (Å²) in [6.45, 7) is 6.79. The number of allylic oxidation sites excluding steroid dienone is 1. The molecule has 0 heterocycles. The zero-order chi connectivity index (χ0) is 13.0. The van der Waals surface area contributed by atoms with Crippen molar-refractivity contribution in [2.24, 2.45) is 5.92 Å². The summed E-state index contributed by atoms with van der Waals surface area (Å²) >= 11 is 0. The molecule has 0 N–H and O–H groups in total. The maximum absolute atomic E-state index is 2.42. The number of hydrogen-bond acceptors (Lipinski definition) is 0. The van der Waals surface area contributed by atoms with Crippen molar-refractivity contribution in [1.82, 2.24) is 0 Å². The lowest BCUT2D eigenvalue weighted by atomic mass is 9.86. The highest BCUT2D eigenvalue weighted by molar-refractivity contribution is 5.50. The van der Waals surface area contributed by atoms with Gasteiger partial charge in [-0.2, -0.15) is 0 Å². The summed E-state index contributed by atoms with van der Waals surface area (Å²) in [5.41, 5.74) is 3.01. The van der Waals surface area contributed by atoms with Crippen LogP contribution in [0, 0.1) is 5.92 Å². The van der Waals surface area contributed by atoms with Crippen molar-refractivity contribution in [2.75, 3.05) is 0 Å². The molecule has 0 aromatic heterocycles. The lowest BCUT2D eigenvalue weighted by Crippen LogP contribution is -2.10. The molecule has 1 fully saturated rings. The van der Waals surface area contributed by atoms with Crippen molar-refractivity contribution >= 4 is 6.08 Å². The molecule has 0 atom stereocenters. The third-order valence-corrected chi connectivity index (χ3v) is 3.99. The van der Waals surface area contributed by atoms with E-state index in [1.165, 1.54) is 43.2 Å². The summed E-state index contributed by atoms with van der Waals surface area (Å²) in [6, 6.07) is 9.03. The van der Waals surface area contributed by atoms with Crippen LogP contribution in [0.2, 0.25) is 0 Å². The van der Waals surface area contributed by atoms with Crippen molar-refractivity contribution < 1.29 is 0 Å². The molecule has 2 rings (SSSR count). The smallest absolute Gasteiger partial charge is 0.0132 e. The monoisotopic (exact) mass is 242 g/mol. The highest BCUT2D eigenvalue weighted by Gasteiger charge is 2.12. The van der Waals surface area contributed by atoms with Gasteiger partial charge in [0.25, 0.3) is 0 Å². The summed E-state index contributed by atoms with van der Waals surface area (Å²) in [5, 5.41) is 0. The van der Waals surface area contributed by atoms with Crippen LogP contribution in [0.15, 0.2) is 30.3 Å². The summed E-state index contributed by atoms with van der Waals surface area (Å²) in [4.78, 5) is 0. The van der Waals surface area contributed by atoms with Crippen LogP contribution < -0.4 is 0 Å². The third-order valence-electron chi connectivity index (χ3n) is 3.99. The van der Waals surface area contributed by atoms with Gasteiger partial charge in [-0.25, -0.2) is 0 Å². The van der Waals surface area contributed by atoms with E-state index in [4.69, 9.17) is 0 Å². The first-order valence-corrected chi connectivity index (χ1v) is 7.34. The topological polar surface area (TPSA) is 0 Å². The average Bonchev–Trinajstić information content (AvgIpc) is 2.37. The SMILES string of the molecule is CC(C)(C)c1ccc(C=CC2CCCCC2)cc1. The molecule has 1 saturated carbocycles. The normalized spacial score (nSPS) is 18.4. The molecule has 18 heavy (non-hydrogen) atoms. The lowest BCUT2D eigenvalue weighted by Gasteiger charge is -2.19. The molecule has 0 heteroatoms. The Morgan fingerprint density at radius 1 is 0.944 bits per heavy atom. The van der Waals surface area contributed by atoms with Gasteiger partial charge in [0.05, 0.1) is 0 Å². The molecular formula is C18H26. The Hall–Kier alpha value is -1.04. The van der Waals surface area contributed by atoms with Gasteiger partial charge in [-0.3, -0.25) is 0 Å². The van der Waals surface area contributed by atoms with Crippen LogP contribution in [0.1, 0.15) is 64.0 Å². The Bertz CT molecular complexity index is 383. The first kappa shape index (κ1) is 13.4. The summed E-state index contributed by atoms with van der Waals surface area (Å²) in [5.74, 6) is 0.820. The lowest BCUT2D eigenvalue weighted by molar-refractivity contribution is 0.420. The predicted octanol–water partition coefficient (Wildman–Crippen LogP) is 5.58. The van der Waals surface area contributed by atoms with Gasteiger partial charge < -0.3 is 0 Å². The number of rotatable bonds is 2. The van der Waals surface area contributed by atoms with E-state index in [0.29, 0.717) is 0 Å². The van der Waals surface area contributed by atoms with Gasteiger partial charge in [-0.05, 0) is 35.3 Å². The Kier molecular flexibility index (Phi) is 4.27. The maximum Gasteiger partial charge on any atom is -0.0132 e. The second kappa shape index (κ2) is 5.73. The van der Waals surface area contributed by atoms with Gasteiger partial charge in [-0.15, -0.1) is 0 Å². The molecule has 0 aliphatic heterocycles. The van der Waals surface area contributed by atoms with Gasteiger partial charge in [0.2, 0.25) is 0 Å². The van der Waals surface area contributed by atoms with Crippen LogP contribution in [-0.4, -0.2) is 0 Å². The maximum atomic E-state index is 2.42. The number of benzene rings is 1. The zero-order valence-electron chi connectivity index (χ0n) is 12.1. The van der Waals surface area contributed by atoms with Crippen molar-refractivity contribution in [1.29, 1.82) is 0 Å². The Balaban J connectivity index is 1.99. The minimum absolute atomic E-state index is 0.256. The van der Waals surface area contributed by atoms with Crippen LogP contribution in [0.4, 0.5) is 0 Å². The van der Waals surface area contributed by atoms with E-state index in [2.05, 4.69) is 57.2 Å². The van der Waals surface area contributed by atoms with Gasteiger partial charge >= 0.3 is 0 Å². The molecule has 0 unspecified atom stereocenters. The van der Waals surface area contributed by atoms with Gasteiger partial charge in [-0.1, -0.05) is 76.5 Å². The van der Waals surface area contributed by atoms with Crippen LogP contribution in [0.5, 0.6) is 0 Å². The highest BCUT2D eigenvalue weighted by atomic mass is 14.2. The molecule has 1 aromatic carbocycles. The molecule has 0 spiro atoms. The first-order chi connectivity index (χ1) is 8.55. The van der Waals surface area contributed by atoms with Crippen LogP contribution >= 0.6 is 0 Å². The molecule has 0 bridgehead atoms. The van der Waals surface area contributed by atoms with Crippen LogP contribution in [0.25, 0.3) is 6.08 Å². The van der Waals surface area contributed by atoms with Crippen LogP contribution in [-0.2, 0) is 5.41 Å². The Morgan fingerprint density at radius 2 is 1.56 bits per heavy atom.